The average Bonchev–Trinajstić information content (AvgIpc) is 1.36. The molecule has 0 aliphatic heterocycles. The van der Waals surface area contributed by atoms with Crippen molar-refractivity contribution in [3.05, 3.63) is 12.2 Å². The third-order valence-corrected chi connectivity index (χ3v) is 0.365. The molecule has 0 heterocycles. The second kappa shape index (κ2) is 5.16. The molecular formula is C4H7O2Rb. The van der Waals surface area contributed by atoms with Gasteiger partial charge < -0.3 is 5.11 Å². The topological polar surface area (TPSA) is 37.3 Å². The van der Waals surface area contributed by atoms with Crippen LogP contribution in [0.4, 0.5) is 0 Å². The predicted octanol–water partition coefficient (Wildman–Crippen LogP) is -0.00140. The van der Waals surface area contributed by atoms with E-state index < -0.39 is 5.97 Å². The maximum absolute atomic E-state index is 9.60. The van der Waals surface area contributed by atoms with Crippen LogP contribution in [0.2, 0.25) is 0 Å². The summed E-state index contributed by atoms with van der Waals surface area (Å²) in [5.74, 6) is -0.935. The van der Waals surface area contributed by atoms with Gasteiger partial charge in [-0.1, -0.05) is 6.58 Å². The molecule has 0 spiro atoms. The summed E-state index contributed by atoms with van der Waals surface area (Å²) in [6.07, 6.45) is 0. The van der Waals surface area contributed by atoms with Gasteiger partial charge in [-0.05, 0) is 6.92 Å². The van der Waals surface area contributed by atoms with E-state index in [1.807, 2.05) is 0 Å². The van der Waals surface area contributed by atoms with Gasteiger partial charge in [-0.3, -0.25) is 0 Å². The fourth-order valence-electron chi connectivity index (χ4n) is 0. The van der Waals surface area contributed by atoms with Gasteiger partial charge in [0, 0.05) is 5.57 Å². The Balaban J connectivity index is 0. The summed E-state index contributed by atoms with van der Waals surface area (Å²) in [6, 6.07) is 0. The van der Waals surface area contributed by atoms with Crippen molar-refractivity contribution in [3.8, 4) is 0 Å². The first kappa shape index (κ1) is 10.9. The standard InChI is InChI=1S/C4H6O2.Rb.H/c1-3(2)4(5)6;;/h1H2,2H3,(H,5,6);;. The molecule has 0 aromatic heterocycles. The summed E-state index contributed by atoms with van der Waals surface area (Å²) in [6.45, 7) is 4.60. The molecular weight excluding hydrogens is 166 g/mol. The fraction of sp³-hybridized carbons (Fsp3) is 0.250. The molecule has 3 heteroatoms. The minimum atomic E-state index is -0.935. The number of carboxylic acids is 1. The first-order valence-electron chi connectivity index (χ1n) is 1.53. The molecule has 0 saturated carbocycles. The van der Waals surface area contributed by atoms with Gasteiger partial charge in [-0.15, -0.1) is 0 Å². The van der Waals surface area contributed by atoms with Crippen molar-refractivity contribution in [2.75, 3.05) is 0 Å². The van der Waals surface area contributed by atoms with E-state index in [4.69, 9.17) is 5.11 Å². The number of hydrogen-bond donors (Lipinski definition) is 1. The Bertz CT molecular complexity index is 75.7. The summed E-state index contributed by atoms with van der Waals surface area (Å²) >= 11 is 0. The SMILES string of the molecule is C=C(C)C(=O)O.[RbH]. The Morgan fingerprint density at radius 3 is 1.86 bits per heavy atom. The summed E-state index contributed by atoms with van der Waals surface area (Å²) < 4.78 is 0. The fourth-order valence-corrected chi connectivity index (χ4v) is 0. The van der Waals surface area contributed by atoms with Crippen molar-refractivity contribution in [1.29, 1.82) is 0 Å². The Kier molecular flexibility index (Phi) is 8.03. The van der Waals surface area contributed by atoms with Gasteiger partial charge in [0.25, 0.3) is 0 Å². The van der Waals surface area contributed by atoms with Gasteiger partial charge in [-0.2, -0.15) is 0 Å². The molecule has 7 heavy (non-hydrogen) atoms. The van der Waals surface area contributed by atoms with Crippen LogP contribution in [-0.4, -0.2) is 69.3 Å². The molecule has 0 aromatic rings. The molecule has 0 unspecified atom stereocenters. The molecule has 0 fully saturated rings. The van der Waals surface area contributed by atoms with Crippen LogP contribution in [0.3, 0.4) is 0 Å². The third kappa shape index (κ3) is 7.02. The first-order valence-corrected chi connectivity index (χ1v) is 1.53. The zero-order valence-corrected chi connectivity index (χ0v) is 3.56. The van der Waals surface area contributed by atoms with Crippen LogP contribution < -0.4 is 0 Å². The van der Waals surface area contributed by atoms with Crippen LogP contribution in [0.25, 0.3) is 0 Å². The Morgan fingerprint density at radius 1 is 1.71 bits per heavy atom. The van der Waals surface area contributed by atoms with Crippen molar-refractivity contribution >= 4 is 64.2 Å². The maximum atomic E-state index is 9.60. The number of aliphatic carboxylic acids is 1. The number of carboxylic acid groups (broad SMARTS) is 1. The molecule has 0 aliphatic rings. The van der Waals surface area contributed by atoms with E-state index in [0.717, 1.165) is 0 Å². The summed E-state index contributed by atoms with van der Waals surface area (Å²) in [7, 11) is 0. The Labute approximate surface area is 91.4 Å². The average molecular weight is 173 g/mol. The van der Waals surface area contributed by atoms with E-state index in [2.05, 4.69) is 6.58 Å². The molecule has 0 amide bonds. The van der Waals surface area contributed by atoms with Crippen LogP contribution in [0.1, 0.15) is 6.92 Å². The summed E-state index contributed by atoms with van der Waals surface area (Å²) in [5, 5.41) is 7.89. The van der Waals surface area contributed by atoms with E-state index in [1.54, 1.807) is 0 Å². The molecule has 0 bridgehead atoms. The van der Waals surface area contributed by atoms with Gasteiger partial charge in [-0.25, -0.2) is 4.79 Å². The molecule has 0 saturated heterocycles. The van der Waals surface area contributed by atoms with Crippen molar-refractivity contribution in [1.82, 2.24) is 0 Å². The summed E-state index contributed by atoms with van der Waals surface area (Å²) in [5.41, 5.74) is 0.176. The van der Waals surface area contributed by atoms with Gasteiger partial charge >= 0.3 is 64.2 Å². The zero-order chi connectivity index (χ0) is 5.15. The van der Waals surface area contributed by atoms with E-state index in [-0.39, 0.29) is 63.8 Å². The summed E-state index contributed by atoms with van der Waals surface area (Å²) in [4.78, 5) is 9.60. The normalized spacial score (nSPS) is 6.43. The van der Waals surface area contributed by atoms with Gasteiger partial charge in [0.15, 0.2) is 0 Å². The first-order chi connectivity index (χ1) is 2.64. The van der Waals surface area contributed by atoms with Crippen molar-refractivity contribution in [2.24, 2.45) is 0 Å². The molecule has 0 aliphatic carbocycles. The van der Waals surface area contributed by atoms with Gasteiger partial charge in [0.05, 0.1) is 0 Å². The molecule has 0 aromatic carbocycles. The molecule has 1 N–H and O–H groups in total. The number of rotatable bonds is 1. The monoisotopic (exact) mass is 172 g/mol. The van der Waals surface area contributed by atoms with Crippen molar-refractivity contribution < 1.29 is 9.90 Å². The Hall–Kier alpha value is 1.02. The van der Waals surface area contributed by atoms with Gasteiger partial charge in [0.2, 0.25) is 0 Å². The van der Waals surface area contributed by atoms with Gasteiger partial charge in [0.1, 0.15) is 0 Å². The van der Waals surface area contributed by atoms with Crippen LogP contribution in [0, 0.1) is 0 Å². The minimum absolute atomic E-state index is 0. The number of carbonyl (C=O) groups is 1. The quantitative estimate of drug-likeness (QED) is 0.566. The molecule has 0 atom stereocenters. The number of hydrogen-bond acceptors (Lipinski definition) is 1. The molecule has 2 nitrogen and oxygen atoms in total. The molecule has 0 radical (unpaired) electrons. The Morgan fingerprint density at radius 2 is 1.86 bits per heavy atom. The van der Waals surface area contributed by atoms with Crippen molar-refractivity contribution in [2.45, 2.75) is 6.92 Å². The van der Waals surface area contributed by atoms with E-state index in [9.17, 15) is 4.79 Å². The second-order valence-electron chi connectivity index (χ2n) is 1.09. The van der Waals surface area contributed by atoms with Crippen LogP contribution in [-0.2, 0) is 4.79 Å². The predicted molar refractivity (Wildman–Crippen MR) is 29.6 cm³/mol. The second-order valence-corrected chi connectivity index (χ2v) is 1.09. The molecule has 0 rings (SSSR count). The third-order valence-electron chi connectivity index (χ3n) is 0.365. The van der Waals surface area contributed by atoms with E-state index >= 15 is 0 Å². The molecule has 36 valence electrons. The van der Waals surface area contributed by atoms with E-state index in [0.29, 0.717) is 0 Å². The zero-order valence-electron chi connectivity index (χ0n) is 3.56. The van der Waals surface area contributed by atoms with Crippen molar-refractivity contribution in [3.63, 3.8) is 0 Å². The van der Waals surface area contributed by atoms with Crippen LogP contribution in [0.15, 0.2) is 12.2 Å². The van der Waals surface area contributed by atoms with Crippen LogP contribution >= 0.6 is 0 Å². The van der Waals surface area contributed by atoms with E-state index in [1.165, 1.54) is 6.92 Å². The van der Waals surface area contributed by atoms with Crippen LogP contribution in [0.5, 0.6) is 0 Å².